The van der Waals surface area contributed by atoms with E-state index in [1.54, 1.807) is 4.90 Å². The van der Waals surface area contributed by atoms with E-state index in [2.05, 4.69) is 18.2 Å². The first-order chi connectivity index (χ1) is 12.6. The van der Waals surface area contributed by atoms with Crippen LogP contribution in [0.1, 0.15) is 29.5 Å². The number of fused-ring (bicyclic) bond motifs is 3. The molecule has 0 radical (unpaired) electrons. The van der Waals surface area contributed by atoms with Crippen LogP contribution in [0.2, 0.25) is 0 Å². The summed E-state index contributed by atoms with van der Waals surface area (Å²) in [5, 5.41) is 9.04. The summed E-state index contributed by atoms with van der Waals surface area (Å²) >= 11 is 0. The van der Waals surface area contributed by atoms with Crippen molar-refractivity contribution < 1.29 is 19.4 Å². The van der Waals surface area contributed by atoms with Crippen molar-refractivity contribution in [3.8, 4) is 11.1 Å². The molecule has 134 valence electrons. The second-order valence-corrected chi connectivity index (χ2v) is 6.93. The quantitative estimate of drug-likeness (QED) is 0.781. The molecule has 5 nitrogen and oxygen atoms in total. The Morgan fingerprint density at radius 3 is 2.54 bits per heavy atom. The molecule has 1 aliphatic carbocycles. The molecule has 5 heteroatoms. The Labute approximate surface area is 152 Å². The van der Waals surface area contributed by atoms with E-state index in [1.165, 1.54) is 22.3 Å². The van der Waals surface area contributed by atoms with Crippen LogP contribution in [0.4, 0.5) is 4.79 Å². The van der Waals surface area contributed by atoms with Gasteiger partial charge in [0.2, 0.25) is 0 Å². The van der Waals surface area contributed by atoms with Crippen molar-refractivity contribution in [2.75, 3.05) is 13.1 Å². The third-order valence-electron chi connectivity index (χ3n) is 5.40. The van der Waals surface area contributed by atoms with E-state index in [1.807, 2.05) is 24.3 Å². The number of benzene rings is 2. The van der Waals surface area contributed by atoms with Crippen LogP contribution in [0.3, 0.4) is 0 Å². The molecule has 4 rings (SSSR count). The Bertz CT molecular complexity index is 853. The minimum atomic E-state index is -0.780. The Hall–Kier alpha value is -2.82. The molecule has 0 saturated carbocycles. The van der Waals surface area contributed by atoms with Crippen molar-refractivity contribution in [1.82, 2.24) is 4.90 Å². The molecule has 1 aliphatic heterocycles. The van der Waals surface area contributed by atoms with E-state index >= 15 is 0 Å². The highest BCUT2D eigenvalue weighted by Gasteiger charge is 2.28. The van der Waals surface area contributed by atoms with Crippen LogP contribution in [0.25, 0.3) is 11.1 Å². The lowest BCUT2D eigenvalue weighted by molar-refractivity contribution is -0.143. The zero-order valence-corrected chi connectivity index (χ0v) is 14.5. The number of carbonyl (C=O) groups is 2. The first-order valence-electron chi connectivity index (χ1n) is 8.97. The summed E-state index contributed by atoms with van der Waals surface area (Å²) in [5.74, 6) is -1.13. The Balaban J connectivity index is 1.41. The van der Waals surface area contributed by atoms with Crippen molar-refractivity contribution in [1.29, 1.82) is 0 Å². The average Bonchev–Trinajstić information content (AvgIpc) is 3.05. The van der Waals surface area contributed by atoms with Gasteiger partial charge in [0.05, 0.1) is 5.92 Å². The molecule has 2 aliphatic rings. The molecule has 0 spiro atoms. The zero-order valence-electron chi connectivity index (χ0n) is 14.5. The summed E-state index contributed by atoms with van der Waals surface area (Å²) in [6.45, 7) is 1.12. The van der Waals surface area contributed by atoms with Gasteiger partial charge < -0.3 is 14.7 Å². The van der Waals surface area contributed by atoms with E-state index in [0.717, 1.165) is 12.0 Å². The van der Waals surface area contributed by atoms with Gasteiger partial charge in [-0.05, 0) is 47.1 Å². The van der Waals surface area contributed by atoms with E-state index in [4.69, 9.17) is 9.84 Å². The van der Waals surface area contributed by atoms with Gasteiger partial charge in [-0.2, -0.15) is 0 Å². The van der Waals surface area contributed by atoms with E-state index in [0.29, 0.717) is 25.9 Å². The van der Waals surface area contributed by atoms with Crippen LogP contribution in [-0.4, -0.2) is 35.2 Å². The van der Waals surface area contributed by atoms with Gasteiger partial charge in [0.1, 0.15) is 6.61 Å². The summed E-state index contributed by atoms with van der Waals surface area (Å²) in [7, 11) is 0. The number of carboxylic acids is 1. The molecule has 1 amide bonds. The first kappa shape index (κ1) is 16.6. The summed E-state index contributed by atoms with van der Waals surface area (Å²) < 4.78 is 5.53. The van der Waals surface area contributed by atoms with Gasteiger partial charge in [-0.15, -0.1) is 0 Å². The number of hydrogen-bond donors (Lipinski definition) is 1. The molecule has 0 unspecified atom stereocenters. The normalized spacial score (nSPS) is 16.1. The fraction of sp³-hybridized carbons (Fsp3) is 0.333. The summed E-state index contributed by atoms with van der Waals surface area (Å²) in [6, 6.07) is 14.5. The Morgan fingerprint density at radius 1 is 1.04 bits per heavy atom. The van der Waals surface area contributed by atoms with Gasteiger partial charge >= 0.3 is 12.1 Å². The number of likely N-dealkylation sites (tertiary alicyclic amines) is 1. The number of carboxylic acid groups (broad SMARTS) is 1. The highest BCUT2D eigenvalue weighted by Crippen LogP contribution is 2.38. The second kappa shape index (κ2) is 6.83. The number of aliphatic carboxylic acids is 1. The molecule has 1 fully saturated rings. The zero-order chi connectivity index (χ0) is 18.1. The largest absolute Gasteiger partial charge is 0.481 e. The van der Waals surface area contributed by atoms with Gasteiger partial charge in [-0.3, -0.25) is 4.79 Å². The lowest BCUT2D eigenvalue weighted by atomic mass is 9.97. The average molecular weight is 351 g/mol. The van der Waals surface area contributed by atoms with Crippen molar-refractivity contribution in [3.63, 3.8) is 0 Å². The van der Waals surface area contributed by atoms with Crippen LogP contribution in [0.5, 0.6) is 0 Å². The number of ether oxygens (including phenoxy) is 1. The van der Waals surface area contributed by atoms with Crippen molar-refractivity contribution in [3.05, 3.63) is 59.2 Å². The van der Waals surface area contributed by atoms with E-state index in [-0.39, 0.29) is 18.6 Å². The fourth-order valence-corrected chi connectivity index (χ4v) is 3.90. The first-order valence-corrected chi connectivity index (χ1v) is 8.97. The molecular weight excluding hydrogens is 330 g/mol. The molecule has 2 aromatic rings. The minimum absolute atomic E-state index is 0.245. The van der Waals surface area contributed by atoms with Crippen LogP contribution in [-0.2, 0) is 22.6 Å². The molecule has 0 bridgehead atoms. The maximum atomic E-state index is 12.3. The smallest absolute Gasteiger partial charge is 0.410 e. The Morgan fingerprint density at radius 2 is 1.77 bits per heavy atom. The molecule has 0 atom stereocenters. The van der Waals surface area contributed by atoms with Gasteiger partial charge in [0.25, 0.3) is 0 Å². The predicted octanol–water partition coefficient (Wildman–Crippen LogP) is 3.69. The SMILES string of the molecule is O=C(O)C1CCN(C(=O)OCc2cccc3c2Cc2ccccc2-3)CC1. The van der Waals surface area contributed by atoms with Gasteiger partial charge in [-0.25, -0.2) is 4.79 Å². The Kier molecular flexibility index (Phi) is 4.37. The van der Waals surface area contributed by atoms with Crippen LogP contribution >= 0.6 is 0 Å². The monoisotopic (exact) mass is 351 g/mol. The molecule has 1 N–H and O–H groups in total. The molecule has 1 heterocycles. The molecular formula is C21H21NO4. The van der Waals surface area contributed by atoms with Crippen molar-refractivity contribution >= 4 is 12.1 Å². The van der Waals surface area contributed by atoms with Crippen LogP contribution < -0.4 is 0 Å². The number of piperidine rings is 1. The second-order valence-electron chi connectivity index (χ2n) is 6.93. The third kappa shape index (κ3) is 3.05. The standard InChI is InChI=1S/C21H21NO4/c23-20(24)14-8-10-22(11-9-14)21(25)26-13-16-5-3-7-18-17-6-2-1-4-15(17)12-19(16)18/h1-7,14H,8-13H2,(H,23,24). The molecule has 26 heavy (non-hydrogen) atoms. The van der Waals surface area contributed by atoms with Gasteiger partial charge in [-0.1, -0.05) is 42.5 Å². The number of nitrogens with zero attached hydrogens (tertiary/aromatic N) is 1. The van der Waals surface area contributed by atoms with Gasteiger partial charge in [0.15, 0.2) is 0 Å². The topological polar surface area (TPSA) is 66.8 Å². The number of rotatable bonds is 3. The van der Waals surface area contributed by atoms with Crippen LogP contribution in [0.15, 0.2) is 42.5 Å². The fourth-order valence-electron chi connectivity index (χ4n) is 3.90. The predicted molar refractivity (Wildman–Crippen MR) is 96.8 cm³/mol. The maximum Gasteiger partial charge on any atom is 0.410 e. The molecule has 1 saturated heterocycles. The van der Waals surface area contributed by atoms with E-state index in [9.17, 15) is 9.59 Å². The maximum absolute atomic E-state index is 12.3. The number of amides is 1. The lowest BCUT2D eigenvalue weighted by Crippen LogP contribution is -2.40. The lowest BCUT2D eigenvalue weighted by Gasteiger charge is -2.29. The highest BCUT2D eigenvalue weighted by atomic mass is 16.6. The number of hydrogen-bond acceptors (Lipinski definition) is 3. The van der Waals surface area contributed by atoms with Crippen LogP contribution in [0, 0.1) is 5.92 Å². The third-order valence-corrected chi connectivity index (χ3v) is 5.40. The number of carbonyl (C=O) groups excluding carboxylic acids is 1. The van der Waals surface area contributed by atoms with Crippen molar-refractivity contribution in [2.24, 2.45) is 5.92 Å². The molecule has 0 aromatic heterocycles. The summed E-state index contributed by atoms with van der Waals surface area (Å²) in [5.41, 5.74) is 6.04. The highest BCUT2D eigenvalue weighted by molar-refractivity contribution is 5.78. The van der Waals surface area contributed by atoms with Crippen molar-refractivity contribution in [2.45, 2.75) is 25.9 Å². The summed E-state index contributed by atoms with van der Waals surface area (Å²) in [4.78, 5) is 24.9. The van der Waals surface area contributed by atoms with E-state index < -0.39 is 5.97 Å². The molecule has 2 aromatic carbocycles. The minimum Gasteiger partial charge on any atom is -0.481 e. The van der Waals surface area contributed by atoms with Gasteiger partial charge in [0, 0.05) is 13.1 Å². The summed E-state index contributed by atoms with van der Waals surface area (Å²) in [6.07, 6.45) is 1.48.